The Morgan fingerprint density at radius 1 is 1.62 bits per heavy atom. The minimum Gasteiger partial charge on any atom is -0.394 e. The van der Waals surface area contributed by atoms with E-state index >= 15 is 0 Å². The van der Waals surface area contributed by atoms with Crippen molar-refractivity contribution in [3.8, 4) is 0 Å². The second-order valence-electron chi connectivity index (χ2n) is 3.18. The lowest BCUT2D eigenvalue weighted by atomic mass is 10.1. The lowest BCUT2D eigenvalue weighted by molar-refractivity contribution is 0.251. The van der Waals surface area contributed by atoms with Gasteiger partial charge in [-0.1, -0.05) is 6.07 Å². The standard InChI is InChI=1S/C10H13NOS/c1-13-8-2-3-9-7(4-8)5-11-10(9)6-12/h2-4,10-12H,5-6H2,1H3/t10-/m1/s1. The number of aliphatic hydroxyl groups excluding tert-OH is 1. The van der Waals surface area contributed by atoms with Crippen LogP contribution in [0.25, 0.3) is 0 Å². The molecule has 1 aliphatic heterocycles. The van der Waals surface area contributed by atoms with Crippen molar-refractivity contribution in [2.24, 2.45) is 0 Å². The summed E-state index contributed by atoms with van der Waals surface area (Å²) in [7, 11) is 0. The topological polar surface area (TPSA) is 32.3 Å². The van der Waals surface area contributed by atoms with Crippen LogP contribution in [0.1, 0.15) is 17.2 Å². The average molecular weight is 195 g/mol. The predicted octanol–water partition coefficient (Wildman–Crippen LogP) is 1.55. The van der Waals surface area contributed by atoms with Crippen molar-refractivity contribution in [1.29, 1.82) is 0 Å². The first kappa shape index (κ1) is 9.06. The summed E-state index contributed by atoms with van der Waals surface area (Å²) >= 11 is 1.75. The SMILES string of the molecule is CSc1ccc2c(c1)CN[C@@H]2CO. The minimum atomic E-state index is 0.144. The van der Waals surface area contributed by atoms with Crippen molar-refractivity contribution < 1.29 is 5.11 Å². The van der Waals surface area contributed by atoms with Crippen LogP contribution in [0.5, 0.6) is 0 Å². The van der Waals surface area contributed by atoms with Crippen LogP contribution in [-0.4, -0.2) is 18.0 Å². The molecule has 1 heterocycles. The molecule has 1 aliphatic rings. The Kier molecular flexibility index (Phi) is 2.58. The second kappa shape index (κ2) is 3.70. The highest BCUT2D eigenvalue weighted by Crippen LogP contribution is 2.28. The molecule has 1 aromatic carbocycles. The third kappa shape index (κ3) is 1.59. The summed E-state index contributed by atoms with van der Waals surface area (Å²) in [5.74, 6) is 0. The first-order valence-corrected chi connectivity index (χ1v) is 5.58. The highest BCUT2D eigenvalue weighted by Gasteiger charge is 2.20. The second-order valence-corrected chi connectivity index (χ2v) is 4.06. The summed E-state index contributed by atoms with van der Waals surface area (Å²) in [5, 5.41) is 12.3. The summed E-state index contributed by atoms with van der Waals surface area (Å²) in [6.45, 7) is 1.07. The maximum absolute atomic E-state index is 9.07. The third-order valence-electron chi connectivity index (χ3n) is 2.45. The van der Waals surface area contributed by atoms with Gasteiger partial charge in [-0.05, 0) is 29.5 Å². The highest BCUT2D eigenvalue weighted by molar-refractivity contribution is 7.98. The molecular weight excluding hydrogens is 182 g/mol. The van der Waals surface area contributed by atoms with E-state index in [9.17, 15) is 0 Å². The molecule has 0 aliphatic carbocycles. The van der Waals surface area contributed by atoms with Crippen LogP contribution in [0.4, 0.5) is 0 Å². The summed E-state index contributed by atoms with van der Waals surface area (Å²) < 4.78 is 0. The van der Waals surface area contributed by atoms with Gasteiger partial charge >= 0.3 is 0 Å². The summed E-state index contributed by atoms with van der Waals surface area (Å²) in [6, 6.07) is 6.56. The van der Waals surface area contributed by atoms with E-state index in [4.69, 9.17) is 5.11 Å². The molecule has 2 rings (SSSR count). The van der Waals surface area contributed by atoms with Gasteiger partial charge in [0, 0.05) is 11.4 Å². The molecule has 70 valence electrons. The van der Waals surface area contributed by atoms with Crippen molar-refractivity contribution in [1.82, 2.24) is 5.32 Å². The van der Waals surface area contributed by atoms with E-state index in [-0.39, 0.29) is 12.6 Å². The van der Waals surface area contributed by atoms with Gasteiger partial charge in [0.05, 0.1) is 12.6 Å². The van der Waals surface area contributed by atoms with Gasteiger partial charge in [-0.3, -0.25) is 0 Å². The molecule has 1 atom stereocenters. The molecule has 0 fully saturated rings. The van der Waals surface area contributed by atoms with E-state index in [1.807, 2.05) is 0 Å². The Bertz CT molecular complexity index is 314. The van der Waals surface area contributed by atoms with Crippen LogP contribution in [0.15, 0.2) is 23.1 Å². The van der Waals surface area contributed by atoms with Crippen molar-refractivity contribution in [2.45, 2.75) is 17.5 Å². The van der Waals surface area contributed by atoms with Gasteiger partial charge in [0.15, 0.2) is 0 Å². The van der Waals surface area contributed by atoms with Gasteiger partial charge in [0.25, 0.3) is 0 Å². The predicted molar refractivity (Wildman–Crippen MR) is 54.9 cm³/mol. The van der Waals surface area contributed by atoms with Crippen LogP contribution in [0.2, 0.25) is 0 Å². The molecule has 0 radical (unpaired) electrons. The summed E-state index contributed by atoms with van der Waals surface area (Å²) in [5.41, 5.74) is 2.58. The largest absolute Gasteiger partial charge is 0.394 e. The van der Waals surface area contributed by atoms with E-state index in [0.717, 1.165) is 6.54 Å². The molecule has 0 amide bonds. The Hall–Kier alpha value is -0.510. The van der Waals surface area contributed by atoms with Crippen LogP contribution < -0.4 is 5.32 Å². The molecule has 0 unspecified atom stereocenters. The molecular formula is C10H13NOS. The number of aliphatic hydroxyl groups is 1. The van der Waals surface area contributed by atoms with E-state index in [0.29, 0.717) is 0 Å². The van der Waals surface area contributed by atoms with Crippen molar-refractivity contribution in [3.05, 3.63) is 29.3 Å². The van der Waals surface area contributed by atoms with Gasteiger partial charge in [-0.2, -0.15) is 0 Å². The highest BCUT2D eigenvalue weighted by atomic mass is 32.2. The molecule has 1 aromatic rings. The van der Waals surface area contributed by atoms with Gasteiger partial charge in [-0.15, -0.1) is 11.8 Å². The molecule has 0 saturated heterocycles. The van der Waals surface area contributed by atoms with Crippen molar-refractivity contribution in [2.75, 3.05) is 12.9 Å². The molecule has 3 heteroatoms. The van der Waals surface area contributed by atoms with Crippen molar-refractivity contribution in [3.63, 3.8) is 0 Å². The molecule has 0 spiro atoms. The number of benzene rings is 1. The number of thioether (sulfide) groups is 1. The van der Waals surface area contributed by atoms with E-state index < -0.39 is 0 Å². The fourth-order valence-corrected chi connectivity index (χ4v) is 2.17. The lowest BCUT2D eigenvalue weighted by Crippen LogP contribution is -2.15. The smallest absolute Gasteiger partial charge is 0.0626 e. The third-order valence-corrected chi connectivity index (χ3v) is 3.17. The number of hydrogen-bond donors (Lipinski definition) is 2. The Morgan fingerprint density at radius 3 is 3.15 bits per heavy atom. The average Bonchev–Trinajstić information content (AvgIpc) is 2.59. The maximum atomic E-state index is 9.07. The monoisotopic (exact) mass is 195 g/mol. The number of hydrogen-bond acceptors (Lipinski definition) is 3. The fourth-order valence-electron chi connectivity index (χ4n) is 1.71. The Balaban J connectivity index is 2.34. The quantitative estimate of drug-likeness (QED) is 0.702. The normalized spacial score (nSPS) is 20.3. The molecule has 2 N–H and O–H groups in total. The molecule has 2 nitrogen and oxygen atoms in total. The number of rotatable bonds is 2. The van der Waals surface area contributed by atoms with Gasteiger partial charge < -0.3 is 10.4 Å². The molecule has 0 bridgehead atoms. The summed E-state index contributed by atoms with van der Waals surface area (Å²) in [6.07, 6.45) is 2.08. The molecule has 0 saturated carbocycles. The zero-order chi connectivity index (χ0) is 9.26. The zero-order valence-electron chi connectivity index (χ0n) is 7.58. The fraction of sp³-hybridized carbons (Fsp3) is 0.400. The first-order valence-electron chi connectivity index (χ1n) is 4.36. The Labute approximate surface area is 82.4 Å². The van der Waals surface area contributed by atoms with Crippen LogP contribution >= 0.6 is 11.8 Å². The van der Waals surface area contributed by atoms with E-state index in [1.54, 1.807) is 11.8 Å². The molecule has 13 heavy (non-hydrogen) atoms. The van der Waals surface area contributed by atoms with Crippen LogP contribution in [0.3, 0.4) is 0 Å². The number of nitrogens with one attached hydrogen (secondary N) is 1. The maximum Gasteiger partial charge on any atom is 0.0626 e. The zero-order valence-corrected chi connectivity index (χ0v) is 8.40. The van der Waals surface area contributed by atoms with Gasteiger partial charge in [0.1, 0.15) is 0 Å². The molecule has 0 aromatic heterocycles. The van der Waals surface area contributed by atoms with Crippen molar-refractivity contribution >= 4 is 11.8 Å². The van der Waals surface area contributed by atoms with Crippen LogP contribution in [-0.2, 0) is 6.54 Å². The Morgan fingerprint density at radius 2 is 2.46 bits per heavy atom. The minimum absolute atomic E-state index is 0.144. The summed E-state index contributed by atoms with van der Waals surface area (Å²) in [4.78, 5) is 1.29. The van der Waals surface area contributed by atoms with E-state index in [2.05, 4.69) is 29.8 Å². The number of fused-ring (bicyclic) bond motifs is 1. The van der Waals surface area contributed by atoms with E-state index in [1.165, 1.54) is 16.0 Å². The lowest BCUT2D eigenvalue weighted by Gasteiger charge is -2.07. The van der Waals surface area contributed by atoms with Crippen LogP contribution in [0, 0.1) is 0 Å². The van der Waals surface area contributed by atoms with Gasteiger partial charge in [-0.25, -0.2) is 0 Å². The van der Waals surface area contributed by atoms with Gasteiger partial charge in [0.2, 0.25) is 0 Å². The first-order chi connectivity index (χ1) is 6.35.